The second kappa shape index (κ2) is 5.34. The minimum atomic E-state index is -0.417. The summed E-state index contributed by atoms with van der Waals surface area (Å²) in [5.74, 6) is -0.0353. The van der Waals surface area contributed by atoms with E-state index in [1.807, 2.05) is 31.2 Å². The molecule has 1 aromatic carbocycles. The largest absolute Gasteiger partial charge is 0.386 e. The van der Waals surface area contributed by atoms with Gasteiger partial charge in [-0.2, -0.15) is 0 Å². The van der Waals surface area contributed by atoms with Gasteiger partial charge in [-0.15, -0.1) is 0 Å². The van der Waals surface area contributed by atoms with Crippen LogP contribution in [-0.4, -0.2) is 29.9 Å². The summed E-state index contributed by atoms with van der Waals surface area (Å²) >= 11 is 0. The first-order valence-corrected chi connectivity index (χ1v) is 5.36. The number of nitrogens with one attached hydrogen (secondary N) is 2. The van der Waals surface area contributed by atoms with E-state index in [0.29, 0.717) is 0 Å². The number of amidine groups is 1. The van der Waals surface area contributed by atoms with Gasteiger partial charge in [0.15, 0.2) is 0 Å². The van der Waals surface area contributed by atoms with Gasteiger partial charge in [0.05, 0.1) is 6.04 Å². The van der Waals surface area contributed by atoms with Crippen molar-refractivity contribution in [2.75, 3.05) is 12.4 Å². The molecule has 17 heavy (non-hydrogen) atoms. The molecule has 0 saturated carbocycles. The zero-order valence-electron chi connectivity index (χ0n) is 10.3. The highest BCUT2D eigenvalue weighted by Gasteiger charge is 2.17. The lowest BCUT2D eigenvalue weighted by Gasteiger charge is -2.24. The highest BCUT2D eigenvalue weighted by atomic mass is 16.2. The van der Waals surface area contributed by atoms with Gasteiger partial charge < -0.3 is 16.0 Å². The number of amides is 2. The first-order valence-electron chi connectivity index (χ1n) is 5.36. The van der Waals surface area contributed by atoms with Gasteiger partial charge in [-0.3, -0.25) is 5.41 Å². The maximum Gasteiger partial charge on any atom is 0.322 e. The van der Waals surface area contributed by atoms with Crippen molar-refractivity contribution in [1.82, 2.24) is 4.90 Å². The molecule has 1 aromatic rings. The van der Waals surface area contributed by atoms with Crippen molar-refractivity contribution in [2.45, 2.75) is 19.9 Å². The van der Waals surface area contributed by atoms with Crippen LogP contribution in [0.3, 0.4) is 0 Å². The number of hydrogen-bond acceptors (Lipinski definition) is 2. The molecule has 5 heteroatoms. The second-order valence-corrected chi connectivity index (χ2v) is 4.04. The van der Waals surface area contributed by atoms with Crippen LogP contribution in [0.25, 0.3) is 0 Å². The predicted octanol–water partition coefficient (Wildman–Crippen LogP) is 1.78. The summed E-state index contributed by atoms with van der Waals surface area (Å²) in [7, 11) is 1.61. The molecule has 92 valence electrons. The Morgan fingerprint density at radius 1 is 1.53 bits per heavy atom. The number of anilines is 1. The number of carbonyl (C=O) groups excluding carboxylic acids is 1. The molecule has 4 N–H and O–H groups in total. The van der Waals surface area contributed by atoms with E-state index >= 15 is 0 Å². The molecule has 0 fully saturated rings. The van der Waals surface area contributed by atoms with Gasteiger partial charge in [0, 0.05) is 12.7 Å². The third-order valence-electron chi connectivity index (χ3n) is 2.62. The molecule has 5 nitrogen and oxygen atoms in total. The highest BCUT2D eigenvalue weighted by molar-refractivity contribution is 5.93. The van der Waals surface area contributed by atoms with Crippen LogP contribution in [0.2, 0.25) is 0 Å². The fourth-order valence-electron chi connectivity index (χ4n) is 1.32. The lowest BCUT2D eigenvalue weighted by Crippen LogP contribution is -2.45. The molecule has 0 radical (unpaired) electrons. The number of benzene rings is 1. The van der Waals surface area contributed by atoms with E-state index in [1.165, 1.54) is 4.90 Å². The van der Waals surface area contributed by atoms with Crippen molar-refractivity contribution in [3.05, 3.63) is 29.8 Å². The fourth-order valence-corrected chi connectivity index (χ4v) is 1.32. The molecule has 0 bridgehead atoms. The number of nitrogens with zero attached hydrogens (tertiary/aromatic N) is 1. The number of hydrogen-bond donors (Lipinski definition) is 3. The van der Waals surface area contributed by atoms with E-state index in [9.17, 15) is 4.79 Å². The van der Waals surface area contributed by atoms with Gasteiger partial charge in [0.2, 0.25) is 0 Å². The van der Waals surface area contributed by atoms with E-state index in [1.54, 1.807) is 14.0 Å². The van der Waals surface area contributed by atoms with E-state index in [4.69, 9.17) is 11.1 Å². The quantitative estimate of drug-likeness (QED) is 0.550. The van der Waals surface area contributed by atoms with Crippen LogP contribution in [0.4, 0.5) is 10.5 Å². The van der Waals surface area contributed by atoms with E-state index in [-0.39, 0.29) is 11.9 Å². The summed E-state index contributed by atoms with van der Waals surface area (Å²) in [6.07, 6.45) is 0. The first kappa shape index (κ1) is 13.0. The predicted molar refractivity (Wildman–Crippen MR) is 69.3 cm³/mol. The van der Waals surface area contributed by atoms with Gasteiger partial charge in [-0.05, 0) is 31.5 Å². The average Bonchev–Trinajstić information content (AvgIpc) is 2.26. The molecule has 1 rings (SSSR count). The Hall–Kier alpha value is -2.04. The molecule has 0 aliphatic rings. The molecule has 0 spiro atoms. The normalized spacial score (nSPS) is 11.7. The molecule has 1 atom stereocenters. The van der Waals surface area contributed by atoms with Crippen molar-refractivity contribution in [1.29, 1.82) is 5.41 Å². The van der Waals surface area contributed by atoms with Gasteiger partial charge in [0.25, 0.3) is 0 Å². The summed E-state index contributed by atoms with van der Waals surface area (Å²) in [5, 5.41) is 10.0. The molecular formula is C12H18N4O. The van der Waals surface area contributed by atoms with E-state index in [0.717, 1.165) is 11.3 Å². The minimum absolute atomic E-state index is 0.0353. The van der Waals surface area contributed by atoms with Gasteiger partial charge in [-0.25, -0.2) is 4.79 Å². The van der Waals surface area contributed by atoms with Crippen LogP contribution in [0.5, 0.6) is 0 Å². The maximum absolute atomic E-state index is 11.8. The molecule has 0 saturated heterocycles. The Kier molecular flexibility index (Phi) is 4.09. The summed E-state index contributed by atoms with van der Waals surface area (Å²) in [5.41, 5.74) is 7.16. The monoisotopic (exact) mass is 234 g/mol. The Balaban J connectivity index is 2.69. The van der Waals surface area contributed by atoms with Crippen molar-refractivity contribution < 1.29 is 4.79 Å². The van der Waals surface area contributed by atoms with Gasteiger partial charge in [-0.1, -0.05) is 12.1 Å². The van der Waals surface area contributed by atoms with Crippen LogP contribution < -0.4 is 11.1 Å². The molecule has 1 unspecified atom stereocenters. The summed E-state index contributed by atoms with van der Waals surface area (Å²) in [6, 6.07) is 6.83. The highest BCUT2D eigenvalue weighted by Crippen LogP contribution is 2.10. The van der Waals surface area contributed by atoms with Crippen LogP contribution in [0, 0.1) is 12.3 Å². The minimum Gasteiger partial charge on any atom is -0.386 e. The van der Waals surface area contributed by atoms with E-state index < -0.39 is 6.04 Å². The number of nitrogens with two attached hydrogens (primary N) is 1. The van der Waals surface area contributed by atoms with Crippen molar-refractivity contribution in [3.63, 3.8) is 0 Å². The second-order valence-electron chi connectivity index (χ2n) is 4.04. The first-order chi connectivity index (χ1) is 7.91. The molecular weight excluding hydrogens is 216 g/mol. The summed E-state index contributed by atoms with van der Waals surface area (Å²) < 4.78 is 0. The smallest absolute Gasteiger partial charge is 0.322 e. The molecule has 0 aliphatic heterocycles. The zero-order chi connectivity index (χ0) is 13.0. The van der Waals surface area contributed by atoms with Crippen LogP contribution >= 0.6 is 0 Å². The number of likely N-dealkylation sites (N-methyl/N-ethyl adjacent to an activating group) is 1. The lowest BCUT2D eigenvalue weighted by atomic mass is 10.2. The topological polar surface area (TPSA) is 82.2 Å². The number of rotatable bonds is 3. The molecule has 0 heterocycles. The van der Waals surface area contributed by atoms with Crippen molar-refractivity contribution >= 4 is 17.6 Å². The molecule has 2 amide bonds. The van der Waals surface area contributed by atoms with Gasteiger partial charge in [0.1, 0.15) is 5.84 Å². The number of carbonyl (C=O) groups is 1. The summed E-state index contributed by atoms with van der Waals surface area (Å²) in [6.45, 7) is 3.66. The van der Waals surface area contributed by atoms with E-state index in [2.05, 4.69) is 5.32 Å². The van der Waals surface area contributed by atoms with Crippen LogP contribution in [0.1, 0.15) is 12.5 Å². The fraction of sp³-hybridized carbons (Fsp3) is 0.333. The van der Waals surface area contributed by atoms with Crippen LogP contribution in [-0.2, 0) is 0 Å². The Morgan fingerprint density at radius 2 is 2.18 bits per heavy atom. The average molecular weight is 234 g/mol. The maximum atomic E-state index is 11.8. The number of urea groups is 1. The van der Waals surface area contributed by atoms with Gasteiger partial charge >= 0.3 is 6.03 Å². The third kappa shape index (κ3) is 3.48. The Labute approximate surface area is 101 Å². The third-order valence-corrected chi connectivity index (χ3v) is 2.62. The Bertz CT molecular complexity index is 430. The van der Waals surface area contributed by atoms with Crippen molar-refractivity contribution in [2.24, 2.45) is 5.73 Å². The molecule has 0 aromatic heterocycles. The molecule has 0 aliphatic carbocycles. The van der Waals surface area contributed by atoms with Crippen LogP contribution in [0.15, 0.2) is 24.3 Å². The summed E-state index contributed by atoms with van der Waals surface area (Å²) in [4.78, 5) is 13.2. The lowest BCUT2D eigenvalue weighted by molar-refractivity contribution is 0.218. The Morgan fingerprint density at radius 3 is 2.71 bits per heavy atom. The number of aryl methyl sites for hydroxylation is 1. The zero-order valence-corrected chi connectivity index (χ0v) is 10.3. The van der Waals surface area contributed by atoms with Crippen molar-refractivity contribution in [3.8, 4) is 0 Å². The standard InChI is InChI=1S/C12H18N4O/c1-8-5-4-6-10(7-8)15-12(17)16(3)9(2)11(13)14/h4-7,9H,1-3H3,(H3,13,14)(H,15,17). The SMILES string of the molecule is Cc1cccc(NC(=O)N(C)C(C)C(=N)N)c1.